The molecule has 31 heavy (non-hydrogen) atoms. The molecular formula is C21H24N4O4S2. The van der Waals surface area contributed by atoms with E-state index in [-0.39, 0.29) is 18.3 Å². The minimum Gasteiger partial charge on any atom is -0.495 e. The molecular weight excluding hydrogens is 436 g/mol. The summed E-state index contributed by atoms with van der Waals surface area (Å²) >= 11 is 2.65. The maximum Gasteiger partial charge on any atom is 0.341 e. The van der Waals surface area contributed by atoms with Crippen LogP contribution in [-0.2, 0) is 16.0 Å². The van der Waals surface area contributed by atoms with Crippen LogP contribution < -0.4 is 10.1 Å². The fraction of sp³-hybridized carbons (Fsp3) is 0.333. The van der Waals surface area contributed by atoms with Gasteiger partial charge in [0, 0.05) is 4.88 Å². The number of aromatic nitrogens is 3. The zero-order chi connectivity index (χ0) is 22.4. The van der Waals surface area contributed by atoms with E-state index < -0.39 is 5.97 Å². The first-order valence-electron chi connectivity index (χ1n) is 9.75. The largest absolute Gasteiger partial charge is 0.495 e. The number of rotatable bonds is 9. The molecule has 0 unspecified atom stereocenters. The summed E-state index contributed by atoms with van der Waals surface area (Å²) in [5.74, 6) is 0.117. The molecule has 1 N–H and O–H groups in total. The molecule has 0 saturated carbocycles. The molecule has 8 nitrogen and oxygen atoms in total. The van der Waals surface area contributed by atoms with E-state index in [0.717, 1.165) is 22.5 Å². The smallest absolute Gasteiger partial charge is 0.341 e. The van der Waals surface area contributed by atoms with Crippen LogP contribution in [0, 0.1) is 6.92 Å². The second-order valence-corrected chi connectivity index (χ2v) is 8.47. The van der Waals surface area contributed by atoms with Crippen molar-refractivity contribution in [2.24, 2.45) is 0 Å². The van der Waals surface area contributed by atoms with Crippen molar-refractivity contribution in [3.8, 4) is 11.4 Å². The fourth-order valence-electron chi connectivity index (χ4n) is 3.04. The normalized spacial score (nSPS) is 10.7. The summed E-state index contributed by atoms with van der Waals surface area (Å²) in [7, 11) is 1.60. The zero-order valence-electron chi connectivity index (χ0n) is 17.8. The predicted molar refractivity (Wildman–Crippen MR) is 122 cm³/mol. The Morgan fingerprint density at radius 2 is 2.03 bits per heavy atom. The van der Waals surface area contributed by atoms with Crippen LogP contribution in [0.4, 0.5) is 5.00 Å². The lowest BCUT2D eigenvalue weighted by Crippen LogP contribution is -2.16. The second kappa shape index (κ2) is 10.5. The summed E-state index contributed by atoms with van der Waals surface area (Å²) in [5.41, 5.74) is 2.06. The highest BCUT2D eigenvalue weighted by molar-refractivity contribution is 7.99. The van der Waals surface area contributed by atoms with E-state index in [1.807, 2.05) is 38.1 Å². The number of hydrogen-bond donors (Lipinski definition) is 1. The summed E-state index contributed by atoms with van der Waals surface area (Å²) in [6.07, 6.45) is 2.35. The van der Waals surface area contributed by atoms with Crippen molar-refractivity contribution in [2.45, 2.75) is 32.3 Å². The Labute approximate surface area is 189 Å². The van der Waals surface area contributed by atoms with Crippen LogP contribution in [0.5, 0.6) is 5.75 Å². The van der Waals surface area contributed by atoms with Crippen LogP contribution >= 0.6 is 23.1 Å². The third-order valence-corrected chi connectivity index (χ3v) is 6.79. The number of thioether (sulfide) groups is 1. The van der Waals surface area contributed by atoms with Crippen molar-refractivity contribution in [1.29, 1.82) is 0 Å². The lowest BCUT2D eigenvalue weighted by atomic mass is 10.1. The van der Waals surface area contributed by atoms with Crippen molar-refractivity contribution >= 4 is 40.0 Å². The third kappa shape index (κ3) is 5.08. The maximum absolute atomic E-state index is 12.7. The van der Waals surface area contributed by atoms with Crippen LogP contribution in [0.2, 0.25) is 0 Å². The number of thiophene rings is 1. The van der Waals surface area contributed by atoms with Gasteiger partial charge in [-0.1, -0.05) is 30.8 Å². The molecule has 0 spiro atoms. The topological polar surface area (TPSA) is 95.3 Å². The average molecular weight is 461 g/mol. The number of amides is 1. The summed E-state index contributed by atoms with van der Waals surface area (Å²) in [6.45, 7) is 5.92. The van der Waals surface area contributed by atoms with Gasteiger partial charge >= 0.3 is 5.97 Å². The SMILES string of the molecule is CCOC(=O)c1c(NC(=O)CSc2nncn2-c2ccccc2OC)sc(CC)c1C. The van der Waals surface area contributed by atoms with E-state index in [1.165, 1.54) is 23.1 Å². The van der Waals surface area contributed by atoms with Crippen LogP contribution in [0.25, 0.3) is 5.69 Å². The number of esters is 1. The van der Waals surface area contributed by atoms with Crippen molar-refractivity contribution < 1.29 is 19.1 Å². The molecule has 0 atom stereocenters. The van der Waals surface area contributed by atoms with Gasteiger partial charge in [0.05, 0.1) is 30.7 Å². The molecule has 0 aliphatic carbocycles. The van der Waals surface area contributed by atoms with E-state index >= 15 is 0 Å². The predicted octanol–water partition coefficient (Wildman–Crippen LogP) is 4.12. The highest BCUT2D eigenvalue weighted by Gasteiger charge is 2.23. The molecule has 2 heterocycles. The minimum atomic E-state index is -0.421. The van der Waals surface area contributed by atoms with Gasteiger partial charge in [0.15, 0.2) is 5.16 Å². The first-order chi connectivity index (χ1) is 15.0. The van der Waals surface area contributed by atoms with Gasteiger partial charge in [0.2, 0.25) is 5.91 Å². The van der Waals surface area contributed by atoms with Gasteiger partial charge in [-0.15, -0.1) is 21.5 Å². The number of nitrogens with zero attached hydrogens (tertiary/aromatic N) is 3. The number of methoxy groups -OCH3 is 1. The number of anilines is 1. The summed E-state index contributed by atoms with van der Waals surface area (Å²) in [5, 5.41) is 12.0. The van der Waals surface area contributed by atoms with Crippen LogP contribution in [-0.4, -0.2) is 46.1 Å². The quantitative estimate of drug-likeness (QED) is 0.379. The molecule has 0 saturated heterocycles. The van der Waals surface area contributed by atoms with E-state index in [4.69, 9.17) is 9.47 Å². The van der Waals surface area contributed by atoms with E-state index in [0.29, 0.717) is 21.5 Å². The lowest BCUT2D eigenvalue weighted by Gasteiger charge is -2.10. The summed E-state index contributed by atoms with van der Waals surface area (Å²) in [6, 6.07) is 7.50. The molecule has 3 rings (SSSR count). The molecule has 1 aromatic carbocycles. The molecule has 0 fully saturated rings. The Bertz CT molecular complexity index is 1080. The van der Waals surface area contributed by atoms with Gasteiger partial charge in [-0.3, -0.25) is 9.36 Å². The van der Waals surface area contributed by atoms with Crippen molar-refractivity contribution in [1.82, 2.24) is 14.8 Å². The average Bonchev–Trinajstić information content (AvgIpc) is 3.36. The van der Waals surface area contributed by atoms with E-state index in [2.05, 4.69) is 15.5 Å². The van der Waals surface area contributed by atoms with Gasteiger partial charge in [-0.05, 0) is 38.0 Å². The number of para-hydroxylation sites is 2. The summed E-state index contributed by atoms with van der Waals surface area (Å²) < 4.78 is 12.3. The molecule has 164 valence electrons. The van der Waals surface area contributed by atoms with Crippen LogP contribution in [0.15, 0.2) is 35.7 Å². The number of hydrogen-bond acceptors (Lipinski definition) is 8. The summed E-state index contributed by atoms with van der Waals surface area (Å²) in [4.78, 5) is 26.1. The van der Waals surface area contributed by atoms with Gasteiger partial charge < -0.3 is 14.8 Å². The Kier molecular flexibility index (Phi) is 7.69. The van der Waals surface area contributed by atoms with Crippen LogP contribution in [0.3, 0.4) is 0 Å². The Hall–Kier alpha value is -2.85. The lowest BCUT2D eigenvalue weighted by molar-refractivity contribution is -0.113. The van der Waals surface area contributed by atoms with Crippen LogP contribution in [0.1, 0.15) is 34.6 Å². The number of carbonyl (C=O) groups excluding carboxylic acids is 2. The number of benzene rings is 1. The number of nitrogens with one attached hydrogen (secondary N) is 1. The number of ether oxygens (including phenoxy) is 2. The standard InChI is InChI=1S/C21H24N4O4S2/c1-5-16-13(3)18(20(27)29-6-2)19(31-16)23-17(26)11-30-21-24-22-12-25(21)14-9-7-8-10-15(14)28-4/h7-10,12H,5-6,11H2,1-4H3,(H,23,26). The molecule has 0 bridgehead atoms. The molecule has 1 amide bonds. The highest BCUT2D eigenvalue weighted by atomic mass is 32.2. The molecule has 3 aromatic rings. The first-order valence-corrected chi connectivity index (χ1v) is 11.6. The van der Waals surface area contributed by atoms with Crippen molar-refractivity contribution in [2.75, 3.05) is 24.8 Å². The monoisotopic (exact) mass is 460 g/mol. The van der Waals surface area contributed by atoms with E-state index in [1.54, 1.807) is 24.9 Å². The Balaban J connectivity index is 1.74. The molecule has 0 aliphatic rings. The first kappa shape index (κ1) is 22.8. The fourth-order valence-corrected chi connectivity index (χ4v) is 4.92. The van der Waals surface area contributed by atoms with Crippen molar-refractivity contribution in [3.05, 3.63) is 46.6 Å². The van der Waals surface area contributed by atoms with Crippen molar-refractivity contribution in [3.63, 3.8) is 0 Å². The maximum atomic E-state index is 12.7. The van der Waals surface area contributed by atoms with Gasteiger partial charge in [0.25, 0.3) is 0 Å². The van der Waals surface area contributed by atoms with E-state index in [9.17, 15) is 9.59 Å². The molecule has 2 aromatic heterocycles. The molecule has 0 radical (unpaired) electrons. The highest BCUT2D eigenvalue weighted by Crippen LogP contribution is 2.34. The number of aryl methyl sites for hydroxylation is 1. The Morgan fingerprint density at radius 3 is 2.74 bits per heavy atom. The third-order valence-electron chi connectivity index (χ3n) is 4.49. The van der Waals surface area contributed by atoms with Gasteiger partial charge in [-0.25, -0.2) is 4.79 Å². The Morgan fingerprint density at radius 1 is 1.26 bits per heavy atom. The molecule has 0 aliphatic heterocycles. The second-order valence-electron chi connectivity index (χ2n) is 6.42. The minimum absolute atomic E-state index is 0.106. The molecule has 10 heteroatoms. The zero-order valence-corrected chi connectivity index (χ0v) is 19.4. The van der Waals surface area contributed by atoms with Gasteiger partial charge in [0.1, 0.15) is 17.1 Å². The van der Waals surface area contributed by atoms with Gasteiger partial charge in [-0.2, -0.15) is 0 Å². The number of carbonyl (C=O) groups is 2.